The lowest BCUT2D eigenvalue weighted by molar-refractivity contribution is -0.128. The molecule has 2 atom stereocenters. The van der Waals surface area contributed by atoms with Crippen LogP contribution in [-0.4, -0.2) is 46.4 Å². The van der Waals surface area contributed by atoms with Gasteiger partial charge >= 0.3 is 0 Å². The third-order valence-electron chi connectivity index (χ3n) is 5.10. The quantitative estimate of drug-likeness (QED) is 0.796. The van der Waals surface area contributed by atoms with E-state index in [-0.39, 0.29) is 12.6 Å². The number of hydrogen-bond donors (Lipinski definition) is 1. The Labute approximate surface area is 175 Å². The minimum Gasteiger partial charge on any atom is -0.486 e. The fourth-order valence-corrected chi connectivity index (χ4v) is 4.44. The third-order valence-corrected chi connectivity index (χ3v) is 6.25. The lowest BCUT2D eigenvalue weighted by Crippen LogP contribution is -2.50. The third kappa shape index (κ3) is 4.02. The first kappa shape index (κ1) is 20.3. The van der Waals surface area contributed by atoms with E-state index in [1.807, 2.05) is 38.1 Å². The van der Waals surface area contributed by atoms with Gasteiger partial charge < -0.3 is 19.5 Å². The van der Waals surface area contributed by atoms with Crippen molar-refractivity contribution in [1.29, 1.82) is 0 Å². The highest BCUT2D eigenvalue weighted by Crippen LogP contribution is 2.36. The van der Waals surface area contributed by atoms with Crippen LogP contribution in [-0.2, 0) is 14.8 Å². The van der Waals surface area contributed by atoms with Gasteiger partial charge in [-0.1, -0.05) is 12.1 Å². The van der Waals surface area contributed by atoms with Crippen molar-refractivity contribution < 1.29 is 27.4 Å². The van der Waals surface area contributed by atoms with Gasteiger partial charge in [0.1, 0.15) is 19.0 Å². The number of carbonyl (C=O) groups is 1. The van der Waals surface area contributed by atoms with Crippen molar-refractivity contribution >= 4 is 21.6 Å². The van der Waals surface area contributed by atoms with Gasteiger partial charge in [0.25, 0.3) is 5.91 Å². The minimum atomic E-state index is -3.57. The van der Waals surface area contributed by atoms with Crippen LogP contribution in [0.1, 0.15) is 24.1 Å². The van der Waals surface area contributed by atoms with Gasteiger partial charge in [0, 0.05) is 0 Å². The van der Waals surface area contributed by atoms with Crippen LogP contribution in [0.2, 0.25) is 0 Å². The predicted octanol–water partition coefficient (Wildman–Crippen LogP) is 2.17. The SMILES string of the molecule is Cc1ccc2c(c1)N(S(C)(=O)=O)C[C@@H](C(=O)N[C@H](C)c1ccc3c(c1)OCCO3)O2. The van der Waals surface area contributed by atoms with Gasteiger partial charge in [-0.3, -0.25) is 9.10 Å². The van der Waals surface area contributed by atoms with Crippen molar-refractivity contribution in [3.8, 4) is 17.2 Å². The summed E-state index contributed by atoms with van der Waals surface area (Å²) in [6.45, 7) is 4.62. The van der Waals surface area contributed by atoms with Gasteiger partial charge in [-0.25, -0.2) is 8.42 Å². The number of hydrogen-bond acceptors (Lipinski definition) is 6. The largest absolute Gasteiger partial charge is 0.486 e. The zero-order chi connectivity index (χ0) is 21.5. The van der Waals surface area contributed by atoms with Crippen molar-refractivity contribution in [3.05, 3.63) is 47.5 Å². The number of nitrogens with zero attached hydrogens (tertiary/aromatic N) is 1. The number of nitrogens with one attached hydrogen (secondary N) is 1. The molecule has 1 amide bonds. The Balaban J connectivity index is 1.53. The van der Waals surface area contributed by atoms with Crippen molar-refractivity contribution in [2.24, 2.45) is 0 Å². The Morgan fingerprint density at radius 2 is 1.80 bits per heavy atom. The van der Waals surface area contributed by atoms with Gasteiger partial charge in [0.05, 0.1) is 24.5 Å². The number of fused-ring (bicyclic) bond motifs is 2. The molecular weight excluding hydrogens is 408 g/mol. The molecule has 0 unspecified atom stereocenters. The van der Waals surface area contributed by atoms with E-state index in [1.165, 1.54) is 4.31 Å². The molecule has 0 aliphatic carbocycles. The van der Waals surface area contributed by atoms with Crippen LogP contribution in [0.3, 0.4) is 0 Å². The molecule has 0 saturated heterocycles. The summed E-state index contributed by atoms with van der Waals surface area (Å²) >= 11 is 0. The first-order valence-corrected chi connectivity index (χ1v) is 11.5. The van der Waals surface area contributed by atoms with E-state index >= 15 is 0 Å². The van der Waals surface area contributed by atoms with Crippen LogP contribution < -0.4 is 23.8 Å². The molecule has 0 spiro atoms. The Kier molecular flexibility index (Phi) is 5.23. The van der Waals surface area contributed by atoms with Crippen LogP contribution in [0.25, 0.3) is 0 Å². The highest BCUT2D eigenvalue weighted by molar-refractivity contribution is 7.92. The van der Waals surface area contributed by atoms with E-state index in [9.17, 15) is 13.2 Å². The summed E-state index contributed by atoms with van der Waals surface area (Å²) in [5, 5.41) is 2.91. The normalized spacial score (nSPS) is 18.8. The second-order valence-corrected chi connectivity index (χ2v) is 9.41. The van der Waals surface area contributed by atoms with Crippen LogP contribution in [0, 0.1) is 6.92 Å². The molecule has 2 aliphatic heterocycles. The summed E-state index contributed by atoms with van der Waals surface area (Å²) < 4.78 is 42.8. The molecule has 2 aromatic carbocycles. The van der Waals surface area contributed by atoms with Crippen LogP contribution >= 0.6 is 0 Å². The fourth-order valence-electron chi connectivity index (χ4n) is 3.53. The Bertz CT molecular complexity index is 1080. The van der Waals surface area contributed by atoms with Gasteiger partial charge in [-0.05, 0) is 49.2 Å². The minimum absolute atomic E-state index is 0.0883. The highest BCUT2D eigenvalue weighted by Gasteiger charge is 2.35. The van der Waals surface area contributed by atoms with Gasteiger partial charge in [-0.2, -0.15) is 0 Å². The summed E-state index contributed by atoms with van der Waals surface area (Å²) in [5.74, 6) is 1.29. The van der Waals surface area contributed by atoms with E-state index in [1.54, 1.807) is 12.1 Å². The first-order chi connectivity index (χ1) is 14.2. The van der Waals surface area contributed by atoms with Crippen molar-refractivity contribution in [1.82, 2.24) is 5.32 Å². The monoisotopic (exact) mass is 432 g/mol. The zero-order valence-electron chi connectivity index (χ0n) is 17.0. The van der Waals surface area contributed by atoms with Gasteiger partial charge in [0.15, 0.2) is 17.6 Å². The van der Waals surface area contributed by atoms with Crippen LogP contribution in [0.15, 0.2) is 36.4 Å². The molecule has 1 N–H and O–H groups in total. The molecular formula is C21H24N2O6S. The standard InChI is InChI=1S/C21H24N2O6S/c1-13-4-6-17-16(10-13)23(30(3,25)26)12-20(29-17)21(24)22-14(2)15-5-7-18-19(11-15)28-9-8-27-18/h4-7,10-11,14,20H,8-9,12H2,1-3H3,(H,22,24)/t14-,20+/m1/s1. The second kappa shape index (κ2) is 7.71. The smallest absolute Gasteiger partial charge is 0.263 e. The van der Waals surface area contributed by atoms with Crippen molar-refractivity contribution in [3.63, 3.8) is 0 Å². The van der Waals surface area contributed by atoms with E-state index < -0.39 is 22.0 Å². The molecule has 2 aliphatic rings. The summed E-state index contributed by atoms with van der Waals surface area (Å²) in [6, 6.07) is 10.4. The molecule has 30 heavy (non-hydrogen) atoms. The number of carbonyl (C=O) groups excluding carboxylic acids is 1. The van der Waals surface area contributed by atoms with Crippen LogP contribution in [0.4, 0.5) is 5.69 Å². The summed E-state index contributed by atoms with van der Waals surface area (Å²) in [5.41, 5.74) is 2.20. The number of rotatable bonds is 4. The number of ether oxygens (including phenoxy) is 3. The van der Waals surface area contributed by atoms with E-state index in [0.29, 0.717) is 36.1 Å². The molecule has 2 aromatic rings. The average Bonchev–Trinajstić information content (AvgIpc) is 2.71. The lowest BCUT2D eigenvalue weighted by Gasteiger charge is -2.34. The summed E-state index contributed by atoms with van der Waals surface area (Å²) in [7, 11) is -3.57. The Morgan fingerprint density at radius 1 is 1.10 bits per heavy atom. The van der Waals surface area contributed by atoms with Gasteiger partial charge in [-0.15, -0.1) is 0 Å². The molecule has 0 bridgehead atoms. The zero-order valence-corrected chi connectivity index (χ0v) is 17.9. The number of sulfonamides is 1. The van der Waals surface area contributed by atoms with Crippen molar-refractivity contribution in [2.45, 2.75) is 26.0 Å². The number of amides is 1. The molecule has 9 heteroatoms. The van der Waals surface area contributed by atoms with E-state index in [4.69, 9.17) is 14.2 Å². The van der Waals surface area contributed by atoms with Crippen LogP contribution in [0.5, 0.6) is 17.2 Å². The average molecular weight is 432 g/mol. The maximum atomic E-state index is 12.9. The second-order valence-electron chi connectivity index (χ2n) is 7.51. The van der Waals surface area contributed by atoms with E-state index in [0.717, 1.165) is 17.4 Å². The summed E-state index contributed by atoms with van der Waals surface area (Å²) in [6.07, 6.45) is 0.159. The molecule has 0 fully saturated rings. The maximum Gasteiger partial charge on any atom is 0.263 e. The molecule has 4 rings (SSSR count). The number of benzene rings is 2. The molecule has 160 valence electrons. The Hall–Kier alpha value is -2.94. The molecule has 0 radical (unpaired) electrons. The topological polar surface area (TPSA) is 94.2 Å². The molecule has 2 heterocycles. The number of aryl methyl sites for hydroxylation is 1. The molecule has 0 saturated carbocycles. The van der Waals surface area contributed by atoms with E-state index in [2.05, 4.69) is 5.32 Å². The first-order valence-electron chi connectivity index (χ1n) is 9.67. The van der Waals surface area contributed by atoms with Gasteiger partial charge in [0.2, 0.25) is 10.0 Å². The molecule has 8 nitrogen and oxygen atoms in total. The van der Waals surface area contributed by atoms with Crippen molar-refractivity contribution in [2.75, 3.05) is 30.3 Å². The summed E-state index contributed by atoms with van der Waals surface area (Å²) in [4.78, 5) is 12.9. The predicted molar refractivity (Wildman–Crippen MR) is 112 cm³/mol. The fraction of sp³-hybridized carbons (Fsp3) is 0.381. The number of anilines is 1. The maximum absolute atomic E-state index is 12.9. The molecule has 0 aromatic heterocycles. The highest BCUT2D eigenvalue weighted by atomic mass is 32.2. The lowest BCUT2D eigenvalue weighted by atomic mass is 10.1. The Morgan fingerprint density at radius 3 is 2.53 bits per heavy atom.